The molecule has 1 aromatic carbocycles. The van der Waals surface area contributed by atoms with E-state index in [0.29, 0.717) is 4.90 Å². The minimum absolute atomic E-state index is 0.271. The molecule has 1 unspecified atom stereocenters. The standard InChI is InChI=1S/C15H23NO2S/c1-12(16-11-3-4-13-5-6-13)14-7-9-15(10-8-14)19(2,17)18/h7-10,12-13,16H,3-6,11H2,1-2H3. The maximum Gasteiger partial charge on any atom is 0.175 e. The molecule has 1 aromatic rings. The molecular formula is C15H23NO2S. The van der Waals surface area contributed by atoms with E-state index in [0.717, 1.165) is 18.0 Å². The zero-order valence-electron chi connectivity index (χ0n) is 11.7. The zero-order chi connectivity index (χ0) is 13.9. The Balaban J connectivity index is 1.82. The smallest absolute Gasteiger partial charge is 0.175 e. The molecule has 4 heteroatoms. The van der Waals surface area contributed by atoms with Gasteiger partial charge in [0.15, 0.2) is 9.84 Å². The first-order chi connectivity index (χ1) is 8.97. The highest BCUT2D eigenvalue weighted by atomic mass is 32.2. The van der Waals surface area contributed by atoms with Crippen LogP contribution in [0.4, 0.5) is 0 Å². The molecule has 1 fully saturated rings. The maximum atomic E-state index is 11.4. The van der Waals surface area contributed by atoms with Crippen molar-refractivity contribution >= 4 is 9.84 Å². The van der Waals surface area contributed by atoms with Gasteiger partial charge in [0.2, 0.25) is 0 Å². The second-order valence-electron chi connectivity index (χ2n) is 5.60. The lowest BCUT2D eigenvalue weighted by Gasteiger charge is -2.14. The van der Waals surface area contributed by atoms with Crippen LogP contribution in [0.1, 0.15) is 44.2 Å². The topological polar surface area (TPSA) is 46.2 Å². The second-order valence-corrected chi connectivity index (χ2v) is 7.62. The highest BCUT2D eigenvalue weighted by Gasteiger charge is 2.20. The summed E-state index contributed by atoms with van der Waals surface area (Å²) in [7, 11) is -3.09. The average Bonchev–Trinajstić information content (AvgIpc) is 3.17. The molecule has 1 aliphatic rings. The molecule has 1 saturated carbocycles. The van der Waals surface area contributed by atoms with E-state index in [9.17, 15) is 8.42 Å². The highest BCUT2D eigenvalue weighted by molar-refractivity contribution is 7.90. The summed E-state index contributed by atoms with van der Waals surface area (Å²) in [5, 5.41) is 3.49. The molecule has 1 aliphatic carbocycles. The SMILES string of the molecule is CC(NCCCC1CC1)c1ccc(S(C)(=O)=O)cc1. The van der Waals surface area contributed by atoms with Crippen LogP contribution in [0.25, 0.3) is 0 Å². The summed E-state index contributed by atoms with van der Waals surface area (Å²) in [5.74, 6) is 0.992. The Labute approximate surface area is 116 Å². The lowest BCUT2D eigenvalue weighted by atomic mass is 10.1. The van der Waals surface area contributed by atoms with E-state index >= 15 is 0 Å². The molecule has 0 bridgehead atoms. The molecule has 106 valence electrons. The van der Waals surface area contributed by atoms with Crippen molar-refractivity contribution in [3.8, 4) is 0 Å². The van der Waals surface area contributed by atoms with Crippen LogP contribution in [0.3, 0.4) is 0 Å². The molecule has 0 radical (unpaired) electrons. The summed E-state index contributed by atoms with van der Waals surface area (Å²) in [5.41, 5.74) is 1.14. The average molecular weight is 281 g/mol. The van der Waals surface area contributed by atoms with Gasteiger partial charge in [-0.15, -0.1) is 0 Å². The van der Waals surface area contributed by atoms with Crippen LogP contribution in [0, 0.1) is 5.92 Å². The molecule has 1 N–H and O–H groups in total. The minimum atomic E-state index is -3.09. The van der Waals surface area contributed by atoms with Gasteiger partial charge in [0.1, 0.15) is 0 Å². The van der Waals surface area contributed by atoms with Gasteiger partial charge >= 0.3 is 0 Å². The van der Waals surface area contributed by atoms with Gasteiger partial charge in [0.25, 0.3) is 0 Å². The third-order valence-electron chi connectivity index (χ3n) is 3.74. The molecule has 0 aliphatic heterocycles. The first-order valence-corrected chi connectivity index (χ1v) is 8.89. The number of rotatable bonds is 7. The maximum absolute atomic E-state index is 11.4. The van der Waals surface area contributed by atoms with Crippen molar-refractivity contribution in [1.82, 2.24) is 5.32 Å². The highest BCUT2D eigenvalue weighted by Crippen LogP contribution is 2.33. The largest absolute Gasteiger partial charge is 0.310 e. The quantitative estimate of drug-likeness (QED) is 0.782. The molecule has 0 aromatic heterocycles. The summed E-state index contributed by atoms with van der Waals surface area (Å²) in [6, 6.07) is 7.44. The predicted molar refractivity (Wildman–Crippen MR) is 77.9 cm³/mol. The molecule has 2 rings (SSSR count). The van der Waals surface area contributed by atoms with Crippen LogP contribution >= 0.6 is 0 Å². The van der Waals surface area contributed by atoms with Gasteiger partial charge in [-0.25, -0.2) is 8.42 Å². The Bertz CT molecular complexity index is 503. The van der Waals surface area contributed by atoms with Crippen LogP contribution in [0.15, 0.2) is 29.2 Å². The molecule has 0 saturated heterocycles. The van der Waals surface area contributed by atoms with Crippen molar-refractivity contribution in [2.45, 2.75) is 43.5 Å². The van der Waals surface area contributed by atoms with Gasteiger partial charge in [0, 0.05) is 12.3 Å². The fourth-order valence-electron chi connectivity index (χ4n) is 2.24. The normalized spacial score (nSPS) is 17.4. The number of hydrogen-bond donors (Lipinski definition) is 1. The summed E-state index contributed by atoms with van der Waals surface area (Å²) in [6.07, 6.45) is 6.65. The molecule has 0 heterocycles. The molecule has 0 spiro atoms. The lowest BCUT2D eigenvalue weighted by molar-refractivity contribution is 0.533. The monoisotopic (exact) mass is 281 g/mol. The number of sulfone groups is 1. The predicted octanol–water partition coefficient (Wildman–Crippen LogP) is 2.93. The van der Waals surface area contributed by atoms with E-state index in [1.54, 1.807) is 12.1 Å². The van der Waals surface area contributed by atoms with E-state index < -0.39 is 9.84 Å². The van der Waals surface area contributed by atoms with Crippen LogP contribution in [-0.2, 0) is 9.84 Å². The van der Waals surface area contributed by atoms with Gasteiger partial charge in [0.05, 0.1) is 4.90 Å². The van der Waals surface area contributed by atoms with Crippen molar-refractivity contribution in [1.29, 1.82) is 0 Å². The Morgan fingerprint density at radius 2 is 1.89 bits per heavy atom. The molecule has 1 atom stereocenters. The molecule has 0 amide bonds. The van der Waals surface area contributed by atoms with Crippen molar-refractivity contribution in [3.05, 3.63) is 29.8 Å². The van der Waals surface area contributed by atoms with E-state index in [1.807, 2.05) is 12.1 Å². The van der Waals surface area contributed by atoms with Crippen LogP contribution in [0.5, 0.6) is 0 Å². The van der Waals surface area contributed by atoms with Crippen molar-refractivity contribution in [3.63, 3.8) is 0 Å². The van der Waals surface area contributed by atoms with Gasteiger partial charge < -0.3 is 5.32 Å². The Morgan fingerprint density at radius 1 is 1.26 bits per heavy atom. The first kappa shape index (κ1) is 14.5. The molecule has 19 heavy (non-hydrogen) atoms. The Morgan fingerprint density at radius 3 is 2.42 bits per heavy atom. The number of nitrogens with one attached hydrogen (secondary N) is 1. The summed E-state index contributed by atoms with van der Waals surface area (Å²) >= 11 is 0. The van der Waals surface area contributed by atoms with Gasteiger partial charge in [-0.05, 0) is 49.9 Å². The second kappa shape index (κ2) is 6.06. The van der Waals surface area contributed by atoms with Gasteiger partial charge in [-0.2, -0.15) is 0 Å². The summed E-state index contributed by atoms with van der Waals surface area (Å²) in [4.78, 5) is 0.386. The summed E-state index contributed by atoms with van der Waals surface area (Å²) < 4.78 is 22.8. The Kier molecular flexibility index (Phi) is 4.63. The van der Waals surface area contributed by atoms with Crippen LogP contribution in [-0.4, -0.2) is 21.2 Å². The van der Waals surface area contributed by atoms with Crippen molar-refractivity contribution < 1.29 is 8.42 Å². The first-order valence-electron chi connectivity index (χ1n) is 7.00. The van der Waals surface area contributed by atoms with E-state index in [4.69, 9.17) is 0 Å². The van der Waals surface area contributed by atoms with Crippen LogP contribution in [0.2, 0.25) is 0 Å². The van der Waals surface area contributed by atoms with E-state index in [2.05, 4.69) is 12.2 Å². The van der Waals surface area contributed by atoms with Crippen LogP contribution < -0.4 is 5.32 Å². The summed E-state index contributed by atoms with van der Waals surface area (Å²) in [6.45, 7) is 3.15. The minimum Gasteiger partial charge on any atom is -0.310 e. The molecule has 3 nitrogen and oxygen atoms in total. The van der Waals surface area contributed by atoms with Crippen molar-refractivity contribution in [2.75, 3.05) is 12.8 Å². The third kappa shape index (κ3) is 4.62. The Hall–Kier alpha value is -0.870. The number of hydrogen-bond acceptors (Lipinski definition) is 3. The van der Waals surface area contributed by atoms with Crippen molar-refractivity contribution in [2.24, 2.45) is 5.92 Å². The van der Waals surface area contributed by atoms with E-state index in [1.165, 1.54) is 31.9 Å². The van der Waals surface area contributed by atoms with Gasteiger partial charge in [-0.3, -0.25) is 0 Å². The fourth-order valence-corrected chi connectivity index (χ4v) is 2.87. The molecular weight excluding hydrogens is 258 g/mol. The van der Waals surface area contributed by atoms with Gasteiger partial charge in [-0.1, -0.05) is 25.0 Å². The zero-order valence-corrected chi connectivity index (χ0v) is 12.5. The fraction of sp³-hybridized carbons (Fsp3) is 0.600. The lowest BCUT2D eigenvalue weighted by Crippen LogP contribution is -2.20. The van der Waals surface area contributed by atoms with E-state index in [-0.39, 0.29) is 6.04 Å². The number of benzene rings is 1. The third-order valence-corrected chi connectivity index (χ3v) is 4.87.